The van der Waals surface area contributed by atoms with E-state index in [4.69, 9.17) is 0 Å². The molecule has 0 unspecified atom stereocenters. The van der Waals surface area contributed by atoms with Crippen molar-refractivity contribution in [3.05, 3.63) is 36.5 Å². The van der Waals surface area contributed by atoms with E-state index < -0.39 is 0 Å². The summed E-state index contributed by atoms with van der Waals surface area (Å²) in [6.07, 6.45) is 3.73. The first kappa shape index (κ1) is 15.1. The Bertz CT molecular complexity index is 257. The number of rotatable bonds is 4. The molecule has 0 heterocycles. The van der Waals surface area contributed by atoms with E-state index in [2.05, 4.69) is 30.1 Å². The Balaban J connectivity index is 0. The van der Waals surface area contributed by atoms with E-state index in [0.717, 1.165) is 16.9 Å². The molecule has 0 atom stereocenters. The van der Waals surface area contributed by atoms with Crippen LogP contribution in [0.25, 0.3) is 0 Å². The molecule has 0 amide bonds. The van der Waals surface area contributed by atoms with Crippen molar-refractivity contribution in [2.75, 3.05) is 0 Å². The Kier molecular flexibility index (Phi) is 10.4. The van der Waals surface area contributed by atoms with Crippen LogP contribution in [0.3, 0.4) is 0 Å². The first-order valence-corrected chi connectivity index (χ1v) is 4.61. The first-order chi connectivity index (χ1) is 6.57. The molecule has 2 heteroatoms. The summed E-state index contributed by atoms with van der Waals surface area (Å²) in [4.78, 5) is 0. The second-order valence-electron chi connectivity index (χ2n) is 2.53. The monoisotopic (exact) mass is 192 g/mol. The summed E-state index contributed by atoms with van der Waals surface area (Å²) in [7, 11) is 0. The van der Waals surface area contributed by atoms with Crippen LogP contribution in [-0.4, -0.2) is 12.4 Å². The average Bonchev–Trinajstić information content (AvgIpc) is 2.17. The van der Waals surface area contributed by atoms with Crippen molar-refractivity contribution in [1.82, 2.24) is 0 Å². The predicted octanol–water partition coefficient (Wildman–Crippen LogP) is 3.78. The number of nitrogens with zero attached hydrogens (tertiary/aromatic N) is 2. The summed E-state index contributed by atoms with van der Waals surface area (Å²) < 4.78 is 0. The van der Waals surface area contributed by atoms with Gasteiger partial charge < -0.3 is 0 Å². The Morgan fingerprint density at radius 1 is 1.07 bits per heavy atom. The zero-order valence-electron chi connectivity index (χ0n) is 9.67. The van der Waals surface area contributed by atoms with Gasteiger partial charge in [0.15, 0.2) is 0 Å². The van der Waals surface area contributed by atoms with Gasteiger partial charge in [0.1, 0.15) is 0 Å². The fourth-order valence-electron chi connectivity index (χ4n) is 0.534. The van der Waals surface area contributed by atoms with Crippen LogP contribution in [-0.2, 0) is 0 Å². The van der Waals surface area contributed by atoms with Gasteiger partial charge in [-0.15, -0.1) is 0 Å². The minimum atomic E-state index is 0.766. The molecule has 0 saturated heterocycles. The van der Waals surface area contributed by atoms with E-state index in [9.17, 15) is 0 Å². The smallest absolute Gasteiger partial charge is 0.0665 e. The molecule has 0 fully saturated rings. The third-order valence-electron chi connectivity index (χ3n) is 1.25. The van der Waals surface area contributed by atoms with Crippen molar-refractivity contribution in [2.45, 2.75) is 27.7 Å². The average molecular weight is 192 g/mol. The molecule has 0 aromatic heterocycles. The van der Waals surface area contributed by atoms with E-state index in [-0.39, 0.29) is 0 Å². The molecule has 0 radical (unpaired) electrons. The largest absolute Gasteiger partial charge is 0.167 e. The van der Waals surface area contributed by atoms with Gasteiger partial charge in [-0.3, -0.25) is 0 Å². The lowest BCUT2D eigenvalue weighted by Gasteiger charge is -1.95. The van der Waals surface area contributed by atoms with Gasteiger partial charge in [-0.05, 0) is 19.4 Å². The van der Waals surface area contributed by atoms with Crippen molar-refractivity contribution in [3.8, 4) is 0 Å². The van der Waals surface area contributed by atoms with E-state index in [1.54, 1.807) is 0 Å². The molecule has 2 nitrogen and oxygen atoms in total. The first-order valence-electron chi connectivity index (χ1n) is 4.61. The van der Waals surface area contributed by atoms with Crippen LogP contribution < -0.4 is 0 Å². The van der Waals surface area contributed by atoms with Crippen LogP contribution in [0.5, 0.6) is 0 Å². The van der Waals surface area contributed by atoms with Crippen molar-refractivity contribution in [2.24, 2.45) is 10.2 Å². The normalized spacial score (nSPS) is 10.4. The lowest BCUT2D eigenvalue weighted by atomic mass is 10.1. The lowest BCUT2D eigenvalue weighted by molar-refractivity contribution is 1.25. The maximum atomic E-state index is 3.80. The van der Waals surface area contributed by atoms with Crippen LogP contribution >= 0.6 is 0 Å². The van der Waals surface area contributed by atoms with Crippen LogP contribution in [0.4, 0.5) is 0 Å². The summed E-state index contributed by atoms with van der Waals surface area (Å²) in [5.74, 6) is 0. The second-order valence-corrected chi connectivity index (χ2v) is 2.53. The fraction of sp³-hybridized carbons (Fsp3) is 0.333. The molecular formula is C12H20N2. The molecule has 0 aliphatic rings. The van der Waals surface area contributed by atoms with Crippen molar-refractivity contribution < 1.29 is 0 Å². The number of hydrogen-bond acceptors (Lipinski definition) is 2. The van der Waals surface area contributed by atoms with E-state index >= 15 is 0 Å². The molecule has 0 rings (SSSR count). The Morgan fingerprint density at radius 3 is 1.93 bits per heavy atom. The van der Waals surface area contributed by atoms with Gasteiger partial charge in [-0.1, -0.05) is 44.7 Å². The Labute approximate surface area is 87.5 Å². The van der Waals surface area contributed by atoms with Gasteiger partial charge >= 0.3 is 0 Å². The zero-order chi connectivity index (χ0) is 11.6. The molecule has 0 aliphatic carbocycles. The van der Waals surface area contributed by atoms with Crippen molar-refractivity contribution >= 4 is 12.4 Å². The standard InChI is InChI=1S/C10H14N2.C2H6/c1-8(2)6-7-9(3)10(4)12-11-5;1-2/h6-7H,1,3,5H2,2,4H3;1-2H3/b7-6-,12-10+;. The molecule has 78 valence electrons. The fourth-order valence-corrected chi connectivity index (χ4v) is 0.534. The van der Waals surface area contributed by atoms with Crippen LogP contribution in [0.2, 0.25) is 0 Å². The maximum Gasteiger partial charge on any atom is 0.0665 e. The molecule has 14 heavy (non-hydrogen) atoms. The maximum absolute atomic E-state index is 3.80. The SMILES string of the molecule is C=N/N=C(\C)C(=C)/C=C\C(=C)C.CC. The summed E-state index contributed by atoms with van der Waals surface area (Å²) in [6, 6.07) is 0. The molecule has 0 N–H and O–H groups in total. The highest BCUT2D eigenvalue weighted by atomic mass is 15.2. The van der Waals surface area contributed by atoms with Crippen LogP contribution in [0.15, 0.2) is 46.7 Å². The van der Waals surface area contributed by atoms with Gasteiger partial charge in [0.25, 0.3) is 0 Å². The minimum absolute atomic E-state index is 0.766. The third kappa shape index (κ3) is 8.65. The second kappa shape index (κ2) is 9.65. The van der Waals surface area contributed by atoms with E-state index in [0.29, 0.717) is 0 Å². The molecule has 0 bridgehead atoms. The highest BCUT2D eigenvalue weighted by molar-refractivity contribution is 6.00. The topological polar surface area (TPSA) is 24.7 Å². The van der Waals surface area contributed by atoms with Gasteiger partial charge in [-0.2, -0.15) is 10.2 Å². The minimum Gasteiger partial charge on any atom is -0.167 e. The molecule has 0 aromatic rings. The van der Waals surface area contributed by atoms with Crippen molar-refractivity contribution in [1.29, 1.82) is 0 Å². The van der Waals surface area contributed by atoms with Crippen molar-refractivity contribution in [3.63, 3.8) is 0 Å². The molecular weight excluding hydrogens is 172 g/mol. The molecule has 0 spiro atoms. The van der Waals surface area contributed by atoms with E-state index in [1.165, 1.54) is 0 Å². The van der Waals surface area contributed by atoms with Gasteiger partial charge in [0.2, 0.25) is 0 Å². The summed E-state index contributed by atoms with van der Waals surface area (Å²) >= 11 is 0. The van der Waals surface area contributed by atoms with Crippen LogP contribution in [0, 0.1) is 0 Å². The number of hydrogen-bond donors (Lipinski definition) is 0. The molecule has 0 aromatic carbocycles. The van der Waals surface area contributed by atoms with Gasteiger partial charge in [0, 0.05) is 6.72 Å². The number of allylic oxidation sites excluding steroid dienone is 4. The Morgan fingerprint density at radius 2 is 1.57 bits per heavy atom. The van der Waals surface area contributed by atoms with Crippen LogP contribution in [0.1, 0.15) is 27.7 Å². The predicted molar refractivity (Wildman–Crippen MR) is 67.1 cm³/mol. The zero-order valence-corrected chi connectivity index (χ0v) is 9.67. The molecule has 0 saturated carbocycles. The van der Waals surface area contributed by atoms with Gasteiger partial charge in [0.05, 0.1) is 5.71 Å². The summed E-state index contributed by atoms with van der Waals surface area (Å²) in [5.41, 5.74) is 2.57. The summed E-state index contributed by atoms with van der Waals surface area (Å²) in [6.45, 7) is 18.5. The third-order valence-corrected chi connectivity index (χ3v) is 1.25. The van der Waals surface area contributed by atoms with Gasteiger partial charge in [-0.25, -0.2) is 0 Å². The lowest BCUT2D eigenvalue weighted by Crippen LogP contribution is -1.91. The highest BCUT2D eigenvalue weighted by Gasteiger charge is 1.91. The quantitative estimate of drug-likeness (QED) is 0.368. The highest BCUT2D eigenvalue weighted by Crippen LogP contribution is 2.00. The summed E-state index contributed by atoms with van der Waals surface area (Å²) in [5, 5.41) is 7.16. The Hall–Kier alpha value is -1.44. The molecule has 0 aliphatic heterocycles. The van der Waals surface area contributed by atoms with E-state index in [1.807, 2.05) is 39.8 Å².